The second-order valence-electron chi connectivity index (χ2n) is 15.6. The van der Waals surface area contributed by atoms with E-state index < -0.39 is 42.1 Å². The third kappa shape index (κ3) is 7.01. The summed E-state index contributed by atoms with van der Waals surface area (Å²) < 4.78 is 55.4. The van der Waals surface area contributed by atoms with Gasteiger partial charge in [0.25, 0.3) is 17.7 Å². The molecule has 8 rings (SSSR count). The molecule has 1 saturated heterocycles. The number of nitrogens with zero attached hydrogens (tertiary/aromatic N) is 7. The van der Waals surface area contributed by atoms with E-state index in [0.29, 0.717) is 18.9 Å². The maximum Gasteiger partial charge on any atom is 0.282 e. The van der Waals surface area contributed by atoms with Crippen LogP contribution < -0.4 is 14.4 Å². The Balaban J connectivity index is 0.937. The van der Waals surface area contributed by atoms with Crippen molar-refractivity contribution in [2.45, 2.75) is 89.6 Å². The van der Waals surface area contributed by atoms with Gasteiger partial charge >= 0.3 is 0 Å². The van der Waals surface area contributed by atoms with Gasteiger partial charge in [0, 0.05) is 80.9 Å². The van der Waals surface area contributed by atoms with E-state index in [1.807, 2.05) is 23.2 Å². The molecule has 2 aromatic heterocycles. The van der Waals surface area contributed by atoms with Gasteiger partial charge in [0.05, 0.1) is 11.1 Å². The molecule has 0 bridgehead atoms. The second-order valence-corrected chi connectivity index (χ2v) is 16.0. The van der Waals surface area contributed by atoms with Gasteiger partial charge in [-0.25, -0.2) is 13.2 Å². The zero-order chi connectivity index (χ0) is 37.1. The fourth-order valence-electron chi connectivity index (χ4n) is 8.78. The lowest BCUT2D eigenvalue weighted by atomic mass is 9.61. The van der Waals surface area contributed by atoms with Crippen LogP contribution in [0.3, 0.4) is 0 Å². The Bertz CT molecular complexity index is 2010. The van der Waals surface area contributed by atoms with E-state index in [4.69, 9.17) is 21.1 Å². The number of rotatable bonds is 10. The Kier molecular flexibility index (Phi) is 9.00. The van der Waals surface area contributed by atoms with Crippen molar-refractivity contribution >= 4 is 23.3 Å². The van der Waals surface area contributed by atoms with Crippen molar-refractivity contribution in [3.05, 3.63) is 94.3 Å². The second kappa shape index (κ2) is 13.4. The van der Waals surface area contributed by atoms with Crippen LogP contribution in [0.2, 0.25) is 5.28 Å². The zero-order valence-corrected chi connectivity index (χ0v) is 30.6. The molecule has 53 heavy (non-hydrogen) atoms. The Morgan fingerprint density at radius 1 is 1.06 bits per heavy atom. The van der Waals surface area contributed by atoms with Crippen molar-refractivity contribution in [1.82, 2.24) is 30.0 Å². The number of fused-ring (bicyclic) bond motifs is 1. The number of hydrogen-bond donors (Lipinski definition) is 0. The standard InChI is InChI=1S/C39H41ClF3N7O3/c1-24(2)50(37(3)20-39(42,43)21-37)35(51)28-15-26(41)9-10-31(28)53-34-33(45-36(40)47-46-34)49-22-38(23-49)16-27(17-38)52-32-11-13-44-30-12-14-48(19-29(30)32)18-25-7-5-4-6-8-25/h4-11,13,15,24,27H,12,14,16-23H2,1-3H3. The lowest BCUT2D eigenvalue weighted by molar-refractivity contribution is -0.163. The minimum absolute atomic E-state index is 0.00186. The van der Waals surface area contributed by atoms with Gasteiger partial charge in [-0.05, 0) is 75.0 Å². The van der Waals surface area contributed by atoms with Crippen LogP contribution >= 0.6 is 11.6 Å². The molecule has 2 aliphatic carbocycles. The van der Waals surface area contributed by atoms with Crippen LogP contribution in [0.15, 0.2) is 60.8 Å². The first-order valence-corrected chi connectivity index (χ1v) is 18.4. The highest BCUT2D eigenvalue weighted by Crippen LogP contribution is 2.53. The van der Waals surface area contributed by atoms with Crippen LogP contribution in [0.4, 0.5) is 19.0 Å². The summed E-state index contributed by atoms with van der Waals surface area (Å²) in [4.78, 5) is 28.8. The van der Waals surface area contributed by atoms with E-state index in [1.165, 1.54) is 16.5 Å². The molecule has 2 aliphatic heterocycles. The summed E-state index contributed by atoms with van der Waals surface area (Å²) in [5.41, 5.74) is 2.34. The molecule has 0 radical (unpaired) electrons. The minimum Gasteiger partial charge on any atom is -0.490 e. The molecule has 4 aliphatic rings. The molecule has 14 heteroatoms. The van der Waals surface area contributed by atoms with Gasteiger partial charge < -0.3 is 19.3 Å². The maximum atomic E-state index is 14.6. The summed E-state index contributed by atoms with van der Waals surface area (Å²) in [5, 5.41) is 7.95. The van der Waals surface area contributed by atoms with E-state index >= 15 is 0 Å². The topological polar surface area (TPSA) is 96.8 Å². The molecule has 0 N–H and O–H groups in total. The van der Waals surface area contributed by atoms with E-state index in [0.717, 1.165) is 68.0 Å². The number of hydrogen-bond acceptors (Lipinski definition) is 9. The molecule has 4 aromatic rings. The molecule has 4 heterocycles. The van der Waals surface area contributed by atoms with Crippen molar-refractivity contribution in [1.29, 1.82) is 0 Å². The van der Waals surface area contributed by atoms with Gasteiger partial charge in [-0.3, -0.25) is 14.7 Å². The van der Waals surface area contributed by atoms with Gasteiger partial charge in [-0.1, -0.05) is 30.3 Å². The summed E-state index contributed by atoms with van der Waals surface area (Å²) in [6.07, 6.45) is 3.53. The van der Waals surface area contributed by atoms with E-state index in [9.17, 15) is 18.0 Å². The van der Waals surface area contributed by atoms with Gasteiger partial charge in [0.2, 0.25) is 5.28 Å². The molecule has 2 saturated carbocycles. The van der Waals surface area contributed by atoms with Crippen molar-refractivity contribution in [2.75, 3.05) is 24.5 Å². The van der Waals surface area contributed by atoms with Crippen LogP contribution in [0.5, 0.6) is 17.4 Å². The monoisotopic (exact) mass is 747 g/mol. The molecule has 278 valence electrons. The summed E-state index contributed by atoms with van der Waals surface area (Å²) in [6, 6.07) is 15.5. The number of ether oxygens (including phenoxy) is 2. The van der Waals surface area contributed by atoms with Crippen LogP contribution in [-0.4, -0.2) is 79.1 Å². The molecule has 10 nitrogen and oxygen atoms in total. The fraction of sp³-hybridized carbons (Fsp3) is 0.462. The van der Waals surface area contributed by atoms with Gasteiger partial charge in [-0.15, -0.1) is 10.2 Å². The third-order valence-corrected chi connectivity index (χ3v) is 11.1. The molecule has 1 spiro atoms. The normalized spacial score (nSPS) is 19.9. The van der Waals surface area contributed by atoms with Crippen LogP contribution in [0.1, 0.15) is 73.6 Å². The number of pyridine rings is 1. The Morgan fingerprint density at radius 3 is 2.53 bits per heavy atom. The smallest absolute Gasteiger partial charge is 0.282 e. The van der Waals surface area contributed by atoms with Crippen LogP contribution in [0, 0.1) is 11.2 Å². The van der Waals surface area contributed by atoms with Crippen molar-refractivity contribution < 1.29 is 27.4 Å². The first-order valence-electron chi connectivity index (χ1n) is 18.0. The molecule has 0 unspecified atom stereocenters. The average molecular weight is 748 g/mol. The maximum absolute atomic E-state index is 14.6. The predicted octanol–water partition coefficient (Wildman–Crippen LogP) is 7.50. The first-order chi connectivity index (χ1) is 25.3. The predicted molar refractivity (Wildman–Crippen MR) is 192 cm³/mol. The first kappa shape index (κ1) is 35.5. The number of alkyl halides is 2. The van der Waals surface area contributed by atoms with Crippen LogP contribution in [0.25, 0.3) is 0 Å². The van der Waals surface area contributed by atoms with Crippen molar-refractivity contribution in [3.8, 4) is 17.4 Å². The van der Waals surface area contributed by atoms with Gasteiger partial charge in [0.1, 0.15) is 23.4 Å². The number of anilines is 1. The van der Waals surface area contributed by atoms with Gasteiger partial charge in [0.15, 0.2) is 5.82 Å². The Morgan fingerprint density at radius 2 is 1.81 bits per heavy atom. The van der Waals surface area contributed by atoms with Crippen molar-refractivity contribution in [3.63, 3.8) is 0 Å². The minimum atomic E-state index is -2.87. The highest BCUT2D eigenvalue weighted by atomic mass is 35.5. The largest absolute Gasteiger partial charge is 0.490 e. The van der Waals surface area contributed by atoms with Crippen molar-refractivity contribution in [2.24, 2.45) is 5.41 Å². The number of aromatic nitrogens is 4. The fourth-order valence-corrected chi connectivity index (χ4v) is 8.90. The van der Waals surface area contributed by atoms with E-state index in [1.54, 1.807) is 20.8 Å². The number of benzene rings is 2. The Hall–Kier alpha value is -4.49. The SMILES string of the molecule is CC(C)N(C(=O)c1cc(F)ccc1Oc1nnc(Cl)nc1N1CC2(CC(Oc3ccnc4c3CN(Cc3ccccc3)CC4)C2)C1)C1(C)CC(F)(F)C1. The van der Waals surface area contributed by atoms with Crippen LogP contribution in [-0.2, 0) is 19.5 Å². The molecular weight excluding hydrogens is 707 g/mol. The van der Waals surface area contributed by atoms with Gasteiger partial charge in [-0.2, -0.15) is 4.98 Å². The molecule has 3 fully saturated rings. The molecule has 2 aromatic carbocycles. The Labute approximate surface area is 311 Å². The average Bonchev–Trinajstić information content (AvgIpc) is 3.06. The summed E-state index contributed by atoms with van der Waals surface area (Å²) in [6.45, 7) is 9.03. The third-order valence-electron chi connectivity index (χ3n) is 11.0. The highest BCUT2D eigenvalue weighted by Gasteiger charge is 2.58. The molecular formula is C39H41ClF3N7O3. The zero-order valence-electron chi connectivity index (χ0n) is 29.9. The van der Waals surface area contributed by atoms with E-state index in [-0.39, 0.29) is 34.0 Å². The summed E-state index contributed by atoms with van der Waals surface area (Å²) >= 11 is 6.20. The number of carbonyl (C=O) groups is 1. The van der Waals surface area contributed by atoms with E-state index in [2.05, 4.69) is 49.3 Å². The lowest BCUT2D eigenvalue weighted by Gasteiger charge is -2.58. The summed E-state index contributed by atoms with van der Waals surface area (Å²) in [5.74, 6) is -2.91. The lowest BCUT2D eigenvalue weighted by Crippen LogP contribution is -2.65. The molecule has 1 amide bonds. The summed E-state index contributed by atoms with van der Waals surface area (Å²) in [7, 11) is 0. The number of amides is 1. The highest BCUT2D eigenvalue weighted by molar-refractivity contribution is 6.28. The number of carbonyl (C=O) groups excluding carboxylic acids is 1. The molecule has 0 atom stereocenters. The quantitative estimate of drug-likeness (QED) is 0.164. The number of halogens is 4.